The van der Waals surface area contributed by atoms with Crippen molar-refractivity contribution in [3.05, 3.63) is 70.3 Å². The van der Waals surface area contributed by atoms with Crippen molar-refractivity contribution in [3.8, 4) is 5.75 Å². The van der Waals surface area contributed by atoms with Crippen molar-refractivity contribution in [1.29, 1.82) is 0 Å². The molecular formula is C23H27N3O3. The third kappa shape index (κ3) is 5.44. The number of H-pyrrole nitrogens is 1. The predicted octanol–water partition coefficient (Wildman–Crippen LogP) is 3.69. The summed E-state index contributed by atoms with van der Waals surface area (Å²) >= 11 is 0. The van der Waals surface area contributed by atoms with Gasteiger partial charge in [0, 0.05) is 13.0 Å². The molecule has 3 aromatic rings. The van der Waals surface area contributed by atoms with Crippen molar-refractivity contribution in [2.75, 3.05) is 13.7 Å². The Balaban J connectivity index is 1.77. The van der Waals surface area contributed by atoms with E-state index in [0.717, 1.165) is 30.6 Å². The van der Waals surface area contributed by atoms with Crippen molar-refractivity contribution in [2.24, 2.45) is 0 Å². The summed E-state index contributed by atoms with van der Waals surface area (Å²) in [4.78, 5) is 34.3. The Morgan fingerprint density at radius 2 is 1.90 bits per heavy atom. The van der Waals surface area contributed by atoms with E-state index in [-0.39, 0.29) is 11.5 Å². The molecule has 0 aliphatic carbocycles. The summed E-state index contributed by atoms with van der Waals surface area (Å²) < 4.78 is 5.20. The van der Waals surface area contributed by atoms with Crippen molar-refractivity contribution < 1.29 is 9.53 Å². The highest BCUT2D eigenvalue weighted by molar-refractivity contribution is 5.78. The second-order valence-corrected chi connectivity index (χ2v) is 7.05. The summed E-state index contributed by atoms with van der Waals surface area (Å²) in [5.41, 5.74) is 1.59. The third-order valence-electron chi connectivity index (χ3n) is 4.93. The minimum absolute atomic E-state index is 0.0798. The van der Waals surface area contributed by atoms with Gasteiger partial charge in [-0.05, 0) is 42.7 Å². The lowest BCUT2D eigenvalue weighted by atomic mass is 10.1. The molecule has 6 nitrogen and oxygen atoms in total. The Labute approximate surface area is 170 Å². The highest BCUT2D eigenvalue weighted by Crippen LogP contribution is 2.14. The van der Waals surface area contributed by atoms with Crippen LogP contribution >= 0.6 is 0 Å². The average Bonchev–Trinajstić information content (AvgIpc) is 2.75. The molecule has 0 aliphatic heterocycles. The van der Waals surface area contributed by atoms with Gasteiger partial charge in [0.05, 0.1) is 24.6 Å². The highest BCUT2D eigenvalue weighted by Gasteiger charge is 2.16. The van der Waals surface area contributed by atoms with Gasteiger partial charge in [-0.3, -0.25) is 9.59 Å². The molecule has 0 unspecified atom stereocenters. The zero-order valence-corrected chi connectivity index (χ0v) is 17.0. The van der Waals surface area contributed by atoms with Crippen LogP contribution in [0.1, 0.15) is 37.6 Å². The molecule has 152 valence electrons. The van der Waals surface area contributed by atoms with Crippen LogP contribution in [0.15, 0.2) is 53.3 Å². The number of methoxy groups -OCH3 is 1. The van der Waals surface area contributed by atoms with Crippen LogP contribution in [0.3, 0.4) is 0 Å². The standard InChI is InChI=1S/C23H27N3O3/c1-3-4-9-22(27)26(15-14-17-10-12-18(29-2)13-11-17)16-21-24-20-8-6-5-7-19(20)23(28)25-21/h5-8,10-13H,3-4,9,14-16H2,1-2H3,(H,24,25,28). The van der Waals surface area contributed by atoms with Gasteiger partial charge in [0.2, 0.25) is 5.91 Å². The number of amides is 1. The lowest BCUT2D eigenvalue weighted by Gasteiger charge is -2.22. The molecule has 29 heavy (non-hydrogen) atoms. The van der Waals surface area contributed by atoms with Gasteiger partial charge in [-0.25, -0.2) is 4.98 Å². The van der Waals surface area contributed by atoms with E-state index in [4.69, 9.17) is 4.74 Å². The first kappa shape index (κ1) is 20.6. The fourth-order valence-corrected chi connectivity index (χ4v) is 3.22. The van der Waals surface area contributed by atoms with Gasteiger partial charge in [0.15, 0.2) is 0 Å². The Morgan fingerprint density at radius 1 is 1.14 bits per heavy atom. The summed E-state index contributed by atoms with van der Waals surface area (Å²) in [6, 6.07) is 15.1. The molecule has 0 spiro atoms. The number of carbonyl (C=O) groups is 1. The van der Waals surface area contributed by atoms with E-state index in [2.05, 4.69) is 16.9 Å². The summed E-state index contributed by atoms with van der Waals surface area (Å²) in [6.07, 6.45) is 3.03. The van der Waals surface area contributed by atoms with E-state index in [1.54, 1.807) is 18.1 Å². The number of fused-ring (bicyclic) bond motifs is 1. The number of carbonyl (C=O) groups excluding carboxylic acids is 1. The number of benzene rings is 2. The van der Waals surface area contributed by atoms with E-state index in [9.17, 15) is 9.59 Å². The zero-order valence-electron chi connectivity index (χ0n) is 17.0. The molecule has 0 radical (unpaired) electrons. The maximum atomic E-state index is 12.8. The van der Waals surface area contributed by atoms with Gasteiger partial charge >= 0.3 is 0 Å². The van der Waals surface area contributed by atoms with Gasteiger partial charge in [0.25, 0.3) is 5.56 Å². The molecule has 0 bridgehead atoms. The Kier molecular flexibility index (Phi) is 7.00. The summed E-state index contributed by atoms with van der Waals surface area (Å²) in [7, 11) is 1.64. The van der Waals surface area contributed by atoms with Crippen molar-refractivity contribution in [2.45, 2.75) is 39.2 Å². The molecule has 1 heterocycles. The maximum absolute atomic E-state index is 12.8. The lowest BCUT2D eigenvalue weighted by molar-refractivity contribution is -0.132. The SMILES string of the molecule is CCCCC(=O)N(CCc1ccc(OC)cc1)Cc1nc2ccccc2c(=O)[nH]1. The number of hydrogen-bond donors (Lipinski definition) is 1. The molecular weight excluding hydrogens is 366 g/mol. The van der Waals surface area contributed by atoms with E-state index in [1.165, 1.54) is 0 Å². The minimum Gasteiger partial charge on any atom is -0.497 e. The van der Waals surface area contributed by atoms with Crippen molar-refractivity contribution >= 4 is 16.8 Å². The van der Waals surface area contributed by atoms with Crippen LogP contribution in [0.4, 0.5) is 0 Å². The largest absolute Gasteiger partial charge is 0.497 e. The van der Waals surface area contributed by atoms with Crippen LogP contribution in [0.2, 0.25) is 0 Å². The quantitative estimate of drug-likeness (QED) is 0.602. The van der Waals surface area contributed by atoms with Crippen LogP contribution in [-0.2, 0) is 17.8 Å². The maximum Gasteiger partial charge on any atom is 0.258 e. The number of aromatic nitrogens is 2. The first-order valence-corrected chi connectivity index (χ1v) is 9.99. The molecule has 1 aromatic heterocycles. The van der Waals surface area contributed by atoms with Gasteiger partial charge < -0.3 is 14.6 Å². The van der Waals surface area contributed by atoms with Crippen LogP contribution in [0.25, 0.3) is 10.9 Å². The van der Waals surface area contributed by atoms with Crippen LogP contribution < -0.4 is 10.3 Å². The first-order chi connectivity index (χ1) is 14.1. The second-order valence-electron chi connectivity index (χ2n) is 7.05. The molecule has 0 atom stereocenters. The number of para-hydroxylation sites is 1. The van der Waals surface area contributed by atoms with E-state index in [0.29, 0.717) is 36.2 Å². The molecule has 0 aliphatic rings. The molecule has 0 saturated heterocycles. The smallest absolute Gasteiger partial charge is 0.258 e. The molecule has 1 amide bonds. The Morgan fingerprint density at radius 3 is 2.62 bits per heavy atom. The Hall–Kier alpha value is -3.15. The normalized spacial score (nSPS) is 10.8. The Bertz CT molecular complexity index is 1010. The number of nitrogens with zero attached hydrogens (tertiary/aromatic N) is 2. The van der Waals surface area contributed by atoms with E-state index in [1.807, 2.05) is 42.5 Å². The third-order valence-corrected chi connectivity index (χ3v) is 4.93. The monoisotopic (exact) mass is 393 g/mol. The fraction of sp³-hybridized carbons (Fsp3) is 0.348. The van der Waals surface area contributed by atoms with E-state index < -0.39 is 0 Å². The van der Waals surface area contributed by atoms with Gasteiger partial charge in [0.1, 0.15) is 11.6 Å². The van der Waals surface area contributed by atoms with Crippen LogP contribution in [0, 0.1) is 0 Å². The van der Waals surface area contributed by atoms with Gasteiger partial charge in [-0.15, -0.1) is 0 Å². The number of ether oxygens (including phenoxy) is 1. The fourth-order valence-electron chi connectivity index (χ4n) is 3.22. The van der Waals surface area contributed by atoms with Crippen molar-refractivity contribution in [3.63, 3.8) is 0 Å². The molecule has 6 heteroatoms. The second kappa shape index (κ2) is 9.87. The molecule has 0 fully saturated rings. The number of rotatable bonds is 9. The number of unbranched alkanes of at least 4 members (excludes halogenated alkanes) is 1. The highest BCUT2D eigenvalue weighted by atomic mass is 16.5. The van der Waals surface area contributed by atoms with Gasteiger partial charge in [-0.2, -0.15) is 0 Å². The lowest BCUT2D eigenvalue weighted by Crippen LogP contribution is -2.33. The number of nitrogens with one attached hydrogen (secondary N) is 1. The topological polar surface area (TPSA) is 75.3 Å². The van der Waals surface area contributed by atoms with Gasteiger partial charge in [-0.1, -0.05) is 37.6 Å². The van der Waals surface area contributed by atoms with Crippen molar-refractivity contribution in [1.82, 2.24) is 14.9 Å². The molecule has 3 rings (SSSR count). The summed E-state index contributed by atoms with van der Waals surface area (Å²) in [6.45, 7) is 2.92. The minimum atomic E-state index is -0.179. The number of aromatic amines is 1. The van der Waals surface area contributed by atoms with Crippen LogP contribution in [0.5, 0.6) is 5.75 Å². The zero-order chi connectivity index (χ0) is 20.6. The molecule has 2 aromatic carbocycles. The summed E-state index contributed by atoms with van der Waals surface area (Å²) in [5, 5.41) is 0.554. The average molecular weight is 393 g/mol. The number of hydrogen-bond acceptors (Lipinski definition) is 4. The molecule has 0 saturated carbocycles. The summed E-state index contributed by atoms with van der Waals surface area (Å²) in [5.74, 6) is 1.40. The predicted molar refractivity (Wildman–Crippen MR) is 114 cm³/mol. The van der Waals surface area contributed by atoms with E-state index >= 15 is 0 Å². The van der Waals surface area contributed by atoms with Crippen LogP contribution in [-0.4, -0.2) is 34.4 Å². The molecule has 1 N–H and O–H groups in total. The first-order valence-electron chi connectivity index (χ1n) is 9.99.